The van der Waals surface area contributed by atoms with Crippen LogP contribution in [0, 0.1) is 0 Å². The van der Waals surface area contributed by atoms with Crippen molar-refractivity contribution in [3.8, 4) is 0 Å². The second kappa shape index (κ2) is 4.99. The molecule has 3 rings (SSSR count). The molecule has 1 aliphatic carbocycles. The van der Waals surface area contributed by atoms with Crippen molar-refractivity contribution in [2.75, 3.05) is 5.32 Å². The molecular weight excluding hydrogens is 244 g/mol. The van der Waals surface area contributed by atoms with Gasteiger partial charge < -0.3 is 5.32 Å². The van der Waals surface area contributed by atoms with Crippen molar-refractivity contribution in [1.82, 2.24) is 4.98 Å². The molecule has 0 fully saturated rings. The predicted octanol–water partition coefficient (Wildman–Crippen LogP) is 4.22. The minimum absolute atomic E-state index is 0.356. The summed E-state index contributed by atoms with van der Waals surface area (Å²) in [6, 6.07) is 10.9. The number of hydrogen-bond donors (Lipinski definition) is 1. The van der Waals surface area contributed by atoms with Gasteiger partial charge in [-0.3, -0.25) is 4.98 Å². The van der Waals surface area contributed by atoms with E-state index >= 15 is 0 Å². The molecule has 2 nitrogen and oxygen atoms in total. The fourth-order valence-electron chi connectivity index (χ4n) is 2.58. The number of nitrogens with zero attached hydrogens (tertiary/aromatic N) is 1. The molecule has 0 spiro atoms. The Morgan fingerprint density at radius 3 is 3.00 bits per heavy atom. The molecule has 0 radical (unpaired) electrons. The number of aryl methyl sites for hydroxylation is 1. The van der Waals surface area contributed by atoms with Crippen molar-refractivity contribution >= 4 is 17.3 Å². The largest absolute Gasteiger partial charge is 0.377 e. The highest BCUT2D eigenvalue weighted by Crippen LogP contribution is 2.33. The standard InChI is InChI=1S/C15H15ClN2/c16-13-10-17-9-8-15(13)18-14-7-3-5-11-4-1-2-6-12(11)14/h1-2,4,6,8-10,14H,3,5,7H2,(H,17,18). The number of aromatic nitrogens is 1. The summed E-state index contributed by atoms with van der Waals surface area (Å²) in [6.07, 6.45) is 6.99. The molecule has 0 amide bonds. The summed E-state index contributed by atoms with van der Waals surface area (Å²) in [5.41, 5.74) is 3.82. The fourth-order valence-corrected chi connectivity index (χ4v) is 2.76. The van der Waals surface area contributed by atoms with Crippen molar-refractivity contribution in [1.29, 1.82) is 0 Å². The highest BCUT2D eigenvalue weighted by Gasteiger charge is 2.19. The minimum Gasteiger partial charge on any atom is -0.377 e. The van der Waals surface area contributed by atoms with Crippen LogP contribution in [0.25, 0.3) is 0 Å². The molecule has 1 N–H and O–H groups in total. The molecule has 0 bridgehead atoms. The summed E-state index contributed by atoms with van der Waals surface area (Å²) in [5.74, 6) is 0. The van der Waals surface area contributed by atoms with Gasteiger partial charge in [-0.2, -0.15) is 0 Å². The lowest BCUT2D eigenvalue weighted by atomic mass is 9.87. The van der Waals surface area contributed by atoms with E-state index in [2.05, 4.69) is 34.6 Å². The van der Waals surface area contributed by atoms with Crippen LogP contribution in [-0.2, 0) is 6.42 Å². The maximum atomic E-state index is 6.15. The molecule has 92 valence electrons. The van der Waals surface area contributed by atoms with Crippen LogP contribution in [0.1, 0.15) is 30.0 Å². The number of anilines is 1. The Bertz CT molecular complexity index is 554. The molecule has 1 heterocycles. The van der Waals surface area contributed by atoms with Crippen LogP contribution in [0.5, 0.6) is 0 Å². The number of fused-ring (bicyclic) bond motifs is 1. The first kappa shape index (κ1) is 11.5. The summed E-state index contributed by atoms with van der Waals surface area (Å²) in [5, 5.41) is 4.21. The van der Waals surface area contributed by atoms with Crippen molar-refractivity contribution in [3.63, 3.8) is 0 Å². The van der Waals surface area contributed by atoms with Crippen LogP contribution >= 0.6 is 11.6 Å². The molecule has 3 heteroatoms. The number of benzene rings is 1. The van der Waals surface area contributed by atoms with Crippen molar-refractivity contribution in [3.05, 3.63) is 58.9 Å². The molecular formula is C15H15ClN2. The Kier molecular flexibility index (Phi) is 3.20. The Morgan fingerprint density at radius 1 is 1.22 bits per heavy atom. The summed E-state index contributed by atoms with van der Waals surface area (Å²) in [4.78, 5) is 4.01. The van der Waals surface area contributed by atoms with Gasteiger partial charge in [-0.15, -0.1) is 0 Å². The van der Waals surface area contributed by atoms with E-state index in [1.165, 1.54) is 24.0 Å². The zero-order chi connectivity index (χ0) is 12.4. The van der Waals surface area contributed by atoms with Gasteiger partial charge in [-0.25, -0.2) is 0 Å². The van der Waals surface area contributed by atoms with E-state index in [0.29, 0.717) is 11.1 Å². The van der Waals surface area contributed by atoms with Crippen molar-refractivity contribution in [2.45, 2.75) is 25.3 Å². The number of pyridine rings is 1. The average Bonchev–Trinajstić information content (AvgIpc) is 2.42. The highest BCUT2D eigenvalue weighted by molar-refractivity contribution is 6.33. The molecule has 1 unspecified atom stereocenters. The van der Waals surface area contributed by atoms with Gasteiger partial charge in [0.25, 0.3) is 0 Å². The van der Waals surface area contributed by atoms with Crippen LogP contribution in [0.2, 0.25) is 5.02 Å². The minimum atomic E-state index is 0.356. The van der Waals surface area contributed by atoms with E-state index in [4.69, 9.17) is 11.6 Å². The normalized spacial score (nSPS) is 18.2. The van der Waals surface area contributed by atoms with Gasteiger partial charge in [-0.1, -0.05) is 35.9 Å². The Balaban J connectivity index is 1.89. The Hall–Kier alpha value is -1.54. The summed E-state index contributed by atoms with van der Waals surface area (Å²) in [6.45, 7) is 0. The second-order valence-electron chi connectivity index (χ2n) is 4.64. The lowest BCUT2D eigenvalue weighted by Crippen LogP contribution is -2.17. The average molecular weight is 259 g/mol. The first-order valence-corrected chi connectivity index (χ1v) is 6.66. The third-order valence-corrected chi connectivity index (χ3v) is 3.77. The topological polar surface area (TPSA) is 24.9 Å². The van der Waals surface area contributed by atoms with E-state index in [9.17, 15) is 0 Å². The van der Waals surface area contributed by atoms with Crippen LogP contribution in [-0.4, -0.2) is 4.98 Å². The third-order valence-electron chi connectivity index (χ3n) is 3.47. The molecule has 0 aliphatic heterocycles. The van der Waals surface area contributed by atoms with E-state index < -0.39 is 0 Å². The quantitative estimate of drug-likeness (QED) is 0.872. The monoisotopic (exact) mass is 258 g/mol. The van der Waals surface area contributed by atoms with Gasteiger partial charge in [0.15, 0.2) is 0 Å². The molecule has 18 heavy (non-hydrogen) atoms. The second-order valence-corrected chi connectivity index (χ2v) is 5.05. The van der Waals surface area contributed by atoms with Crippen LogP contribution in [0.3, 0.4) is 0 Å². The van der Waals surface area contributed by atoms with E-state index in [1.54, 1.807) is 12.4 Å². The number of rotatable bonds is 2. The van der Waals surface area contributed by atoms with Crippen molar-refractivity contribution < 1.29 is 0 Å². The molecule has 1 aliphatic rings. The van der Waals surface area contributed by atoms with Crippen LogP contribution < -0.4 is 5.32 Å². The number of nitrogens with one attached hydrogen (secondary N) is 1. The summed E-state index contributed by atoms with van der Waals surface area (Å²) in [7, 11) is 0. The van der Waals surface area contributed by atoms with Gasteiger partial charge in [0.05, 0.1) is 16.8 Å². The van der Waals surface area contributed by atoms with Gasteiger partial charge in [0, 0.05) is 12.4 Å². The van der Waals surface area contributed by atoms with E-state index in [-0.39, 0.29) is 0 Å². The predicted molar refractivity (Wildman–Crippen MR) is 75.0 cm³/mol. The van der Waals surface area contributed by atoms with E-state index in [1.807, 2.05) is 6.07 Å². The van der Waals surface area contributed by atoms with Gasteiger partial charge in [0.1, 0.15) is 0 Å². The van der Waals surface area contributed by atoms with Gasteiger partial charge >= 0.3 is 0 Å². The third kappa shape index (κ3) is 2.21. The highest BCUT2D eigenvalue weighted by atomic mass is 35.5. The number of hydrogen-bond acceptors (Lipinski definition) is 2. The molecule has 1 aromatic carbocycles. The molecule has 1 atom stereocenters. The van der Waals surface area contributed by atoms with Crippen molar-refractivity contribution in [2.24, 2.45) is 0 Å². The maximum absolute atomic E-state index is 6.15. The fraction of sp³-hybridized carbons (Fsp3) is 0.267. The zero-order valence-electron chi connectivity index (χ0n) is 10.1. The van der Waals surface area contributed by atoms with E-state index in [0.717, 1.165) is 12.1 Å². The molecule has 1 aromatic heterocycles. The summed E-state index contributed by atoms with van der Waals surface area (Å²) < 4.78 is 0. The molecule has 0 saturated carbocycles. The smallest absolute Gasteiger partial charge is 0.0820 e. The van der Waals surface area contributed by atoms with Crippen LogP contribution in [0.4, 0.5) is 5.69 Å². The summed E-state index contributed by atoms with van der Waals surface area (Å²) >= 11 is 6.15. The lowest BCUT2D eigenvalue weighted by molar-refractivity contribution is 0.600. The SMILES string of the molecule is Clc1cnccc1NC1CCCc2ccccc21. The first-order chi connectivity index (χ1) is 8.84. The maximum Gasteiger partial charge on any atom is 0.0820 e. The van der Waals surface area contributed by atoms with Gasteiger partial charge in [-0.05, 0) is 36.5 Å². The van der Waals surface area contributed by atoms with Crippen LogP contribution in [0.15, 0.2) is 42.7 Å². The van der Waals surface area contributed by atoms with Gasteiger partial charge in [0.2, 0.25) is 0 Å². The zero-order valence-corrected chi connectivity index (χ0v) is 10.8. The Morgan fingerprint density at radius 2 is 2.11 bits per heavy atom. The lowest BCUT2D eigenvalue weighted by Gasteiger charge is -2.27. The number of halogens is 1. The molecule has 0 saturated heterocycles. The first-order valence-electron chi connectivity index (χ1n) is 6.28. The molecule has 2 aromatic rings. The Labute approximate surface area is 112 Å².